The van der Waals surface area contributed by atoms with E-state index in [1.807, 2.05) is 12.3 Å². The van der Waals surface area contributed by atoms with Gasteiger partial charge in [0, 0.05) is 47.5 Å². The number of hydrogen-bond acceptors (Lipinski definition) is 5. The summed E-state index contributed by atoms with van der Waals surface area (Å²) in [6.45, 7) is 4.73. The Morgan fingerprint density at radius 2 is 2.00 bits per heavy atom. The summed E-state index contributed by atoms with van der Waals surface area (Å²) in [5, 5.41) is 5.99. The molecule has 33 heavy (non-hydrogen) atoms. The number of piperazine rings is 1. The molecule has 0 aliphatic carbocycles. The van der Waals surface area contributed by atoms with Crippen LogP contribution in [0.25, 0.3) is 11.9 Å². The second kappa shape index (κ2) is 9.79. The Balaban J connectivity index is 0.00000259. The summed E-state index contributed by atoms with van der Waals surface area (Å²) in [5.41, 5.74) is 3.20. The highest BCUT2D eigenvalue weighted by Crippen LogP contribution is 2.35. The fraction of sp³-hybridized carbons (Fsp3) is 0.320. The highest BCUT2D eigenvalue weighted by Gasteiger charge is 2.29. The number of aryl methyl sites for hydroxylation is 2. The molecule has 8 heteroatoms. The maximum absolute atomic E-state index is 14.0. The first-order chi connectivity index (χ1) is 15.5. The van der Waals surface area contributed by atoms with Crippen LogP contribution in [0.1, 0.15) is 22.4 Å². The van der Waals surface area contributed by atoms with Gasteiger partial charge >= 0.3 is 0 Å². The molecule has 5 rings (SSSR count). The first-order valence-corrected chi connectivity index (χ1v) is 11.7. The molecule has 2 aliphatic rings. The number of rotatable bonds is 4. The molecule has 1 N–H and O–H groups in total. The molecule has 3 aromatic rings. The Kier molecular flexibility index (Phi) is 7.02. The zero-order valence-corrected chi connectivity index (χ0v) is 20.3. The molecule has 174 valence electrons. The smallest absolute Gasteiger partial charge is 0.142 e. The van der Waals surface area contributed by atoms with Crippen molar-refractivity contribution in [2.45, 2.75) is 25.8 Å². The zero-order valence-electron chi connectivity index (χ0n) is 18.6. The number of hydrogen-bond donors (Lipinski definition) is 1. The maximum atomic E-state index is 14.0. The number of thiophene rings is 1. The average molecular weight is 489 g/mol. The third kappa shape index (κ3) is 4.90. The third-order valence-corrected chi connectivity index (χ3v) is 7.31. The first kappa shape index (κ1) is 23.7. The number of benzene rings is 1. The van der Waals surface area contributed by atoms with Crippen LogP contribution in [-0.4, -0.2) is 47.5 Å². The monoisotopic (exact) mass is 488 g/mol. The molecule has 1 aromatic carbocycles. The van der Waals surface area contributed by atoms with E-state index in [2.05, 4.69) is 40.1 Å². The van der Waals surface area contributed by atoms with E-state index in [0.29, 0.717) is 6.04 Å². The molecule has 1 unspecified atom stereocenters. The number of pyridine rings is 1. The van der Waals surface area contributed by atoms with Gasteiger partial charge in [-0.05, 0) is 56.6 Å². The van der Waals surface area contributed by atoms with Gasteiger partial charge in [-0.1, -0.05) is 12.1 Å². The molecule has 0 saturated carbocycles. The van der Waals surface area contributed by atoms with Crippen molar-refractivity contribution < 1.29 is 8.78 Å². The molecular weight excluding hydrogens is 462 g/mol. The zero-order chi connectivity index (χ0) is 22.2. The number of fused-ring (bicyclic) bond motifs is 2. The normalized spacial score (nSPS) is 17.9. The highest BCUT2D eigenvalue weighted by molar-refractivity contribution is 7.16. The summed E-state index contributed by atoms with van der Waals surface area (Å²) in [6, 6.07) is 10.9. The van der Waals surface area contributed by atoms with Crippen molar-refractivity contribution >= 4 is 40.6 Å². The molecule has 2 aromatic heterocycles. The van der Waals surface area contributed by atoms with Gasteiger partial charge in [-0.2, -0.15) is 0 Å². The fourth-order valence-corrected chi connectivity index (χ4v) is 5.52. The molecule has 0 radical (unpaired) electrons. The van der Waals surface area contributed by atoms with E-state index in [-0.39, 0.29) is 24.0 Å². The molecule has 0 bridgehead atoms. The number of halogens is 3. The van der Waals surface area contributed by atoms with Crippen LogP contribution in [0.2, 0.25) is 0 Å². The van der Waals surface area contributed by atoms with E-state index >= 15 is 0 Å². The van der Waals surface area contributed by atoms with Crippen molar-refractivity contribution in [2.24, 2.45) is 0 Å². The Labute approximate surface area is 202 Å². The fourth-order valence-electron chi connectivity index (χ4n) is 4.64. The summed E-state index contributed by atoms with van der Waals surface area (Å²) < 4.78 is 27.6. The van der Waals surface area contributed by atoms with Gasteiger partial charge in [0.05, 0.1) is 17.2 Å². The van der Waals surface area contributed by atoms with E-state index < -0.39 is 0 Å². The summed E-state index contributed by atoms with van der Waals surface area (Å²) in [6.07, 6.45) is 4.92. The molecule has 2 aliphatic heterocycles. The summed E-state index contributed by atoms with van der Waals surface area (Å²) >= 11 is 1.70. The molecule has 0 spiro atoms. The lowest BCUT2D eigenvalue weighted by molar-refractivity contribution is 0.128. The lowest BCUT2D eigenvalue weighted by Gasteiger charge is -2.41. The van der Waals surface area contributed by atoms with Gasteiger partial charge in [-0.15, -0.1) is 23.7 Å². The van der Waals surface area contributed by atoms with Gasteiger partial charge in [-0.3, -0.25) is 9.88 Å². The number of nitrogens with one attached hydrogen (secondary N) is 1. The van der Waals surface area contributed by atoms with Crippen LogP contribution >= 0.6 is 23.7 Å². The molecule has 4 heterocycles. The summed E-state index contributed by atoms with van der Waals surface area (Å²) in [4.78, 5) is 10.5. The van der Waals surface area contributed by atoms with Crippen molar-refractivity contribution in [3.63, 3.8) is 0 Å². The Morgan fingerprint density at radius 3 is 2.82 bits per heavy atom. The third-order valence-electron chi connectivity index (χ3n) is 6.33. The number of anilines is 1. The molecule has 1 saturated heterocycles. The number of aromatic nitrogens is 1. The van der Waals surface area contributed by atoms with Crippen molar-refractivity contribution in [2.75, 3.05) is 32.0 Å². The lowest BCUT2D eigenvalue weighted by Crippen LogP contribution is -2.52. The predicted molar refractivity (Wildman–Crippen MR) is 133 cm³/mol. The van der Waals surface area contributed by atoms with Crippen LogP contribution < -0.4 is 15.9 Å². The van der Waals surface area contributed by atoms with E-state index in [4.69, 9.17) is 0 Å². The van der Waals surface area contributed by atoms with Gasteiger partial charge in [-0.25, -0.2) is 8.78 Å². The first-order valence-electron chi connectivity index (χ1n) is 10.9. The minimum Gasteiger partial charge on any atom is -0.366 e. The van der Waals surface area contributed by atoms with Gasteiger partial charge in [0.25, 0.3) is 0 Å². The van der Waals surface area contributed by atoms with Gasteiger partial charge in [0.1, 0.15) is 16.6 Å². The Morgan fingerprint density at radius 1 is 1.15 bits per heavy atom. The van der Waals surface area contributed by atoms with Crippen molar-refractivity contribution in [3.05, 3.63) is 80.8 Å². The predicted octanol–water partition coefficient (Wildman–Crippen LogP) is 3.72. The Hall–Kier alpha value is -2.48. The van der Waals surface area contributed by atoms with Crippen LogP contribution in [0.15, 0.2) is 42.6 Å². The van der Waals surface area contributed by atoms with Crippen LogP contribution in [0.3, 0.4) is 0 Å². The van der Waals surface area contributed by atoms with Crippen LogP contribution in [0, 0.1) is 18.6 Å². The average Bonchev–Trinajstić information content (AvgIpc) is 3.07. The van der Waals surface area contributed by atoms with Crippen LogP contribution in [0.5, 0.6) is 0 Å². The van der Waals surface area contributed by atoms with E-state index in [1.165, 1.54) is 23.2 Å². The largest absolute Gasteiger partial charge is 0.366 e. The van der Waals surface area contributed by atoms with Crippen molar-refractivity contribution in [1.82, 2.24) is 14.8 Å². The molecule has 1 fully saturated rings. The molecule has 1 atom stereocenters. The molecule has 4 nitrogen and oxygen atoms in total. The maximum Gasteiger partial charge on any atom is 0.142 e. The summed E-state index contributed by atoms with van der Waals surface area (Å²) in [5.74, 6) is -0.525. The van der Waals surface area contributed by atoms with E-state index in [9.17, 15) is 8.78 Å². The van der Waals surface area contributed by atoms with E-state index in [0.717, 1.165) is 64.9 Å². The second-order valence-electron chi connectivity index (χ2n) is 8.58. The minimum atomic E-state index is -0.339. The van der Waals surface area contributed by atoms with Crippen LogP contribution in [-0.2, 0) is 6.42 Å². The van der Waals surface area contributed by atoms with Gasteiger partial charge in [0.15, 0.2) is 0 Å². The lowest BCUT2D eigenvalue weighted by atomic mass is 10.0. The van der Waals surface area contributed by atoms with Gasteiger partial charge < -0.3 is 10.2 Å². The second-order valence-corrected chi connectivity index (χ2v) is 9.83. The minimum absolute atomic E-state index is 0. The molecular formula is C25H27ClF2N4S. The SMILES string of the molecule is Cc1cc2c(s1)NC=c1cc(F)cnc1=C2N1CCN(C)C(CCc2cccc(F)c2)C1.Cl. The quantitative estimate of drug-likeness (QED) is 0.606. The number of likely N-dealkylation sites (N-methyl/N-ethyl adjacent to an activating group) is 1. The molecule has 0 amide bonds. The topological polar surface area (TPSA) is 31.4 Å². The van der Waals surface area contributed by atoms with E-state index in [1.54, 1.807) is 23.5 Å². The van der Waals surface area contributed by atoms with Crippen molar-refractivity contribution in [1.29, 1.82) is 0 Å². The van der Waals surface area contributed by atoms with Crippen LogP contribution in [0.4, 0.5) is 13.8 Å². The Bertz CT molecular complexity index is 1280. The van der Waals surface area contributed by atoms with Gasteiger partial charge in [0.2, 0.25) is 0 Å². The van der Waals surface area contributed by atoms with Crippen molar-refractivity contribution in [3.8, 4) is 0 Å². The number of nitrogens with zero attached hydrogens (tertiary/aromatic N) is 3. The standard InChI is InChI=1S/C25H26F2N4S.ClH/c1-16-10-22-24(23-18(12-20(27)14-28-23)13-29-25(22)32-16)31-9-8-30(2)21(15-31)7-6-17-4-3-5-19(26)11-17;/h3-5,10-14,21,29H,6-9,15H2,1-2H3;1H. The summed E-state index contributed by atoms with van der Waals surface area (Å²) in [7, 11) is 2.16. The highest BCUT2D eigenvalue weighted by atomic mass is 35.5.